The van der Waals surface area contributed by atoms with Crippen molar-refractivity contribution in [3.8, 4) is 0 Å². The number of aromatic nitrogens is 2. The summed E-state index contributed by atoms with van der Waals surface area (Å²) < 4.78 is 1.82. The highest BCUT2D eigenvalue weighted by atomic mass is 32.2. The number of nitrogens with two attached hydrogens (primary N) is 1. The molecule has 2 heterocycles. The lowest BCUT2D eigenvalue weighted by Crippen LogP contribution is -2.33. The number of amides is 2. The summed E-state index contributed by atoms with van der Waals surface area (Å²) in [4.78, 5) is 25.3. The molecule has 0 aromatic carbocycles. The van der Waals surface area contributed by atoms with Gasteiger partial charge in [-0.15, -0.1) is 0 Å². The van der Waals surface area contributed by atoms with Crippen LogP contribution in [-0.4, -0.2) is 38.9 Å². The molecule has 1 aliphatic heterocycles. The van der Waals surface area contributed by atoms with E-state index in [1.165, 1.54) is 4.90 Å². The molecule has 6 nitrogen and oxygen atoms in total. The molecule has 102 valence electrons. The van der Waals surface area contributed by atoms with Gasteiger partial charge >= 0.3 is 0 Å². The lowest BCUT2D eigenvalue weighted by molar-refractivity contribution is -0.122. The Kier molecular flexibility index (Phi) is 4.39. The van der Waals surface area contributed by atoms with E-state index in [-0.39, 0.29) is 24.2 Å². The Bertz CT molecular complexity index is 524. The molecule has 1 aromatic rings. The third-order valence-electron chi connectivity index (χ3n) is 2.69. The van der Waals surface area contributed by atoms with Crippen LogP contribution in [0.5, 0.6) is 0 Å². The molecular formula is C12H16N4O2S. The van der Waals surface area contributed by atoms with Crippen molar-refractivity contribution in [2.75, 3.05) is 13.1 Å². The van der Waals surface area contributed by atoms with E-state index in [1.807, 2.05) is 10.7 Å². The van der Waals surface area contributed by atoms with Crippen LogP contribution in [0.15, 0.2) is 17.2 Å². The molecule has 1 aromatic heterocycles. The minimum atomic E-state index is -0.273. The molecule has 0 atom stereocenters. The Morgan fingerprint density at radius 3 is 2.89 bits per heavy atom. The fourth-order valence-electron chi connectivity index (χ4n) is 1.82. The third-order valence-corrected chi connectivity index (χ3v) is 3.60. The molecule has 7 heteroatoms. The van der Waals surface area contributed by atoms with Gasteiger partial charge < -0.3 is 5.73 Å². The van der Waals surface area contributed by atoms with Gasteiger partial charge in [0.1, 0.15) is 0 Å². The molecule has 0 saturated carbocycles. The number of rotatable bonds is 5. The maximum absolute atomic E-state index is 12.0. The monoisotopic (exact) mass is 280 g/mol. The molecule has 0 spiro atoms. The number of nitrogens with zero attached hydrogens (tertiary/aromatic N) is 3. The van der Waals surface area contributed by atoms with Crippen LogP contribution in [0.4, 0.5) is 4.79 Å². The van der Waals surface area contributed by atoms with E-state index in [0.29, 0.717) is 4.91 Å². The number of hydrogen-bond donors (Lipinski definition) is 1. The van der Waals surface area contributed by atoms with Crippen LogP contribution in [0.1, 0.15) is 19.0 Å². The zero-order valence-corrected chi connectivity index (χ0v) is 11.5. The van der Waals surface area contributed by atoms with E-state index < -0.39 is 0 Å². The summed E-state index contributed by atoms with van der Waals surface area (Å²) in [6, 6.07) is 1.83. The van der Waals surface area contributed by atoms with E-state index in [4.69, 9.17) is 5.73 Å². The van der Waals surface area contributed by atoms with Crippen molar-refractivity contribution in [2.45, 2.75) is 19.9 Å². The summed E-state index contributed by atoms with van der Waals surface area (Å²) in [6.07, 6.45) is 4.35. The van der Waals surface area contributed by atoms with Crippen LogP contribution in [-0.2, 0) is 11.3 Å². The van der Waals surface area contributed by atoms with Gasteiger partial charge in [-0.1, -0.05) is 6.92 Å². The van der Waals surface area contributed by atoms with Gasteiger partial charge in [0, 0.05) is 25.8 Å². The largest absolute Gasteiger partial charge is 0.329 e. The van der Waals surface area contributed by atoms with Gasteiger partial charge in [-0.25, -0.2) is 0 Å². The zero-order chi connectivity index (χ0) is 13.8. The van der Waals surface area contributed by atoms with Crippen molar-refractivity contribution < 1.29 is 9.59 Å². The van der Waals surface area contributed by atoms with Gasteiger partial charge in [0.25, 0.3) is 11.1 Å². The second kappa shape index (κ2) is 6.03. The summed E-state index contributed by atoms with van der Waals surface area (Å²) in [5, 5.41) is 3.92. The Balaban J connectivity index is 2.22. The first kappa shape index (κ1) is 13.8. The van der Waals surface area contributed by atoms with Gasteiger partial charge in [0.2, 0.25) is 0 Å². The first-order chi connectivity index (χ1) is 9.17. The molecular weight excluding hydrogens is 264 g/mol. The van der Waals surface area contributed by atoms with Crippen molar-refractivity contribution >= 4 is 29.0 Å². The minimum absolute atomic E-state index is 0.260. The van der Waals surface area contributed by atoms with Crippen molar-refractivity contribution in [1.29, 1.82) is 0 Å². The summed E-state index contributed by atoms with van der Waals surface area (Å²) in [7, 11) is 0. The highest BCUT2D eigenvalue weighted by molar-refractivity contribution is 8.18. The zero-order valence-electron chi connectivity index (χ0n) is 10.7. The van der Waals surface area contributed by atoms with Crippen LogP contribution < -0.4 is 5.73 Å². The first-order valence-corrected chi connectivity index (χ1v) is 6.96. The molecule has 2 amide bonds. The predicted molar refractivity (Wildman–Crippen MR) is 74.2 cm³/mol. The fourth-order valence-corrected chi connectivity index (χ4v) is 2.67. The number of carbonyl (C=O) groups excluding carboxylic acids is 2. The quantitative estimate of drug-likeness (QED) is 0.822. The normalized spacial score (nSPS) is 17.8. The molecule has 0 radical (unpaired) electrons. The minimum Gasteiger partial charge on any atom is -0.329 e. The van der Waals surface area contributed by atoms with E-state index in [1.54, 1.807) is 12.3 Å². The first-order valence-electron chi connectivity index (χ1n) is 6.14. The standard InChI is InChI=1S/C12H16N4O2S/c1-2-6-16-9(3-5-14-16)8-10-11(17)15(7-4-13)12(18)19-10/h3,5,8H,2,4,6-7,13H2,1H3/b10-8+. The van der Waals surface area contributed by atoms with E-state index in [2.05, 4.69) is 12.0 Å². The van der Waals surface area contributed by atoms with E-state index in [0.717, 1.165) is 30.4 Å². The van der Waals surface area contributed by atoms with Crippen LogP contribution in [0, 0.1) is 0 Å². The highest BCUT2D eigenvalue weighted by Crippen LogP contribution is 2.31. The molecule has 0 bridgehead atoms. The fraction of sp³-hybridized carbons (Fsp3) is 0.417. The lowest BCUT2D eigenvalue weighted by Gasteiger charge is -2.09. The predicted octanol–water partition coefficient (Wildman–Crippen LogP) is 1.29. The van der Waals surface area contributed by atoms with Crippen molar-refractivity contribution in [1.82, 2.24) is 14.7 Å². The summed E-state index contributed by atoms with van der Waals surface area (Å²) in [5.41, 5.74) is 6.22. The second-order valence-electron chi connectivity index (χ2n) is 4.10. The average Bonchev–Trinajstić information content (AvgIpc) is 2.91. The van der Waals surface area contributed by atoms with Crippen molar-refractivity contribution in [3.05, 3.63) is 22.9 Å². The number of thioether (sulfide) groups is 1. The summed E-state index contributed by atoms with van der Waals surface area (Å²) >= 11 is 0.949. The third kappa shape index (κ3) is 2.87. The molecule has 1 fully saturated rings. The Hall–Kier alpha value is -1.60. The highest BCUT2D eigenvalue weighted by Gasteiger charge is 2.34. The smallest absolute Gasteiger partial charge is 0.293 e. The Morgan fingerprint density at radius 2 is 2.21 bits per heavy atom. The van der Waals surface area contributed by atoms with Crippen molar-refractivity contribution in [2.24, 2.45) is 5.73 Å². The second-order valence-corrected chi connectivity index (χ2v) is 5.09. The van der Waals surface area contributed by atoms with Gasteiger partial charge in [-0.3, -0.25) is 19.2 Å². The molecule has 0 aliphatic carbocycles. The summed E-state index contributed by atoms with van der Waals surface area (Å²) in [5.74, 6) is -0.273. The Labute approximate surface area is 115 Å². The Morgan fingerprint density at radius 1 is 1.42 bits per heavy atom. The summed E-state index contributed by atoms with van der Waals surface area (Å²) in [6.45, 7) is 3.38. The number of aryl methyl sites for hydroxylation is 1. The van der Waals surface area contributed by atoms with Crippen molar-refractivity contribution in [3.63, 3.8) is 0 Å². The number of carbonyl (C=O) groups is 2. The lowest BCUT2D eigenvalue weighted by atomic mass is 10.3. The molecule has 1 aliphatic rings. The SMILES string of the molecule is CCCn1nccc1/C=C1/SC(=O)N(CCN)C1=O. The van der Waals surface area contributed by atoms with Crippen LogP contribution in [0.2, 0.25) is 0 Å². The van der Waals surface area contributed by atoms with Gasteiger partial charge in [0.15, 0.2) is 0 Å². The number of imide groups is 1. The van der Waals surface area contributed by atoms with E-state index in [9.17, 15) is 9.59 Å². The van der Waals surface area contributed by atoms with Crippen LogP contribution >= 0.6 is 11.8 Å². The van der Waals surface area contributed by atoms with Crippen LogP contribution in [0.3, 0.4) is 0 Å². The molecule has 0 unspecified atom stereocenters. The topological polar surface area (TPSA) is 81.2 Å². The van der Waals surface area contributed by atoms with Crippen LogP contribution in [0.25, 0.3) is 6.08 Å². The molecule has 1 saturated heterocycles. The molecule has 2 N–H and O–H groups in total. The number of hydrogen-bond acceptors (Lipinski definition) is 5. The van der Waals surface area contributed by atoms with E-state index >= 15 is 0 Å². The maximum atomic E-state index is 12.0. The molecule has 2 rings (SSSR count). The van der Waals surface area contributed by atoms with Gasteiger partial charge in [-0.05, 0) is 30.3 Å². The average molecular weight is 280 g/mol. The van der Waals surface area contributed by atoms with Gasteiger partial charge in [-0.2, -0.15) is 5.10 Å². The van der Waals surface area contributed by atoms with Gasteiger partial charge in [0.05, 0.1) is 10.6 Å². The molecule has 19 heavy (non-hydrogen) atoms. The maximum Gasteiger partial charge on any atom is 0.293 e.